The van der Waals surface area contributed by atoms with Crippen molar-refractivity contribution >= 4 is 79.5 Å². The summed E-state index contributed by atoms with van der Waals surface area (Å²) < 4.78 is 72.8. The molecule has 0 spiro atoms. The second-order valence-corrected chi connectivity index (χ2v) is 25.4. The Morgan fingerprint density at radius 1 is 0.286 bits per heavy atom. The Balaban J connectivity index is 0.000000520. The Morgan fingerprint density at radius 2 is 0.506 bits per heavy atom. The van der Waals surface area contributed by atoms with Crippen LogP contribution in [0.25, 0.3) is 21.5 Å². The van der Waals surface area contributed by atoms with Crippen molar-refractivity contribution in [3.05, 3.63) is 82.9 Å². The molecule has 432 valence electrons. The SMILES string of the molecule is CCCCCCCCCCCCc1ccc2cccc(S(=O)(=O)[O-])c2c1CCCCCCCCCCCC.CCCCCCCCCCCCc1ccc2cccc(S(=O)(=O)[O-])c2c1CCCCCCCCCCCC.[Ca+2]. The molecule has 77 heavy (non-hydrogen) atoms. The fourth-order valence-electron chi connectivity index (χ4n) is 11.6. The molecule has 4 rings (SSSR count). The van der Waals surface area contributed by atoms with E-state index in [9.17, 15) is 25.9 Å². The van der Waals surface area contributed by atoms with Gasteiger partial charge in [-0.2, -0.15) is 0 Å². The third-order valence-electron chi connectivity index (χ3n) is 16.1. The molecule has 9 heteroatoms. The van der Waals surface area contributed by atoms with Gasteiger partial charge in [-0.3, -0.25) is 0 Å². The minimum atomic E-state index is -4.52. The minimum absolute atomic E-state index is 0. The van der Waals surface area contributed by atoms with Crippen molar-refractivity contribution in [2.75, 3.05) is 0 Å². The molecule has 4 aromatic rings. The first kappa shape index (κ1) is 71.6. The molecular weight excluding hydrogens is 1020 g/mol. The summed E-state index contributed by atoms with van der Waals surface area (Å²) in [5, 5.41) is 3.11. The van der Waals surface area contributed by atoms with Gasteiger partial charge in [-0.05, 0) is 96.5 Å². The van der Waals surface area contributed by atoms with Crippen molar-refractivity contribution in [1.82, 2.24) is 0 Å². The van der Waals surface area contributed by atoms with E-state index in [4.69, 9.17) is 0 Å². The number of hydrogen-bond acceptors (Lipinski definition) is 6. The molecule has 0 aromatic heterocycles. The third kappa shape index (κ3) is 30.9. The van der Waals surface area contributed by atoms with Crippen LogP contribution < -0.4 is 0 Å². The van der Waals surface area contributed by atoms with Crippen molar-refractivity contribution < 1.29 is 25.9 Å². The van der Waals surface area contributed by atoms with Crippen LogP contribution in [0.3, 0.4) is 0 Å². The number of fused-ring (bicyclic) bond motifs is 2. The molecule has 0 unspecified atom stereocenters. The Kier molecular flexibility index (Phi) is 41.9. The average molecular weight is 1130 g/mol. The number of rotatable bonds is 46. The summed E-state index contributed by atoms with van der Waals surface area (Å²) in [4.78, 5) is -0.0796. The molecule has 0 saturated carbocycles. The first-order valence-electron chi connectivity index (χ1n) is 32.0. The normalized spacial score (nSPS) is 11.8. The second-order valence-electron chi connectivity index (χ2n) is 22.8. The summed E-state index contributed by atoms with van der Waals surface area (Å²) >= 11 is 0. The van der Waals surface area contributed by atoms with Gasteiger partial charge in [0.25, 0.3) is 0 Å². The second kappa shape index (κ2) is 45.1. The van der Waals surface area contributed by atoms with Crippen LogP contribution in [0.15, 0.2) is 70.5 Å². The molecule has 0 aliphatic carbocycles. The van der Waals surface area contributed by atoms with Gasteiger partial charge in [0.05, 0.1) is 9.79 Å². The van der Waals surface area contributed by atoms with Crippen molar-refractivity contribution in [2.24, 2.45) is 0 Å². The van der Waals surface area contributed by atoms with Crippen LogP contribution in [-0.4, -0.2) is 63.7 Å². The van der Waals surface area contributed by atoms with Crippen LogP contribution in [-0.2, 0) is 45.9 Å². The number of benzene rings is 4. The Bertz CT molecular complexity index is 2160. The van der Waals surface area contributed by atoms with Gasteiger partial charge in [0.2, 0.25) is 0 Å². The fraction of sp³-hybridized carbons (Fsp3) is 0.706. The predicted octanol–water partition coefficient (Wildman–Crippen LogP) is 21.0. The van der Waals surface area contributed by atoms with Gasteiger partial charge in [0.1, 0.15) is 20.2 Å². The van der Waals surface area contributed by atoms with E-state index in [0.29, 0.717) is 10.8 Å². The van der Waals surface area contributed by atoms with Crippen molar-refractivity contribution in [2.45, 2.75) is 320 Å². The van der Waals surface area contributed by atoms with Gasteiger partial charge >= 0.3 is 37.7 Å². The van der Waals surface area contributed by atoms with Crippen molar-refractivity contribution in [3.8, 4) is 0 Å². The van der Waals surface area contributed by atoms with E-state index in [1.54, 1.807) is 12.1 Å². The molecule has 0 N–H and O–H groups in total. The maximum Gasteiger partial charge on any atom is 2.00 e. The molecule has 0 bridgehead atoms. The maximum atomic E-state index is 12.1. The van der Waals surface area contributed by atoms with Crippen LogP contribution in [0, 0.1) is 0 Å². The number of aryl methyl sites for hydroxylation is 4. The van der Waals surface area contributed by atoms with E-state index < -0.39 is 20.2 Å². The van der Waals surface area contributed by atoms with Crippen LogP contribution >= 0.6 is 0 Å². The zero-order valence-corrected chi connectivity index (χ0v) is 53.7. The van der Waals surface area contributed by atoms with E-state index >= 15 is 0 Å². The van der Waals surface area contributed by atoms with Gasteiger partial charge in [-0.15, -0.1) is 0 Å². The van der Waals surface area contributed by atoms with E-state index in [2.05, 4.69) is 39.8 Å². The monoisotopic (exact) mass is 1130 g/mol. The summed E-state index contributed by atoms with van der Waals surface area (Å²) in [6, 6.07) is 18.7. The van der Waals surface area contributed by atoms with Crippen LogP contribution in [0.2, 0.25) is 0 Å². The maximum absolute atomic E-state index is 12.1. The Labute approximate surface area is 504 Å². The average Bonchev–Trinajstić information content (AvgIpc) is 3.41. The smallest absolute Gasteiger partial charge is 0.744 e. The van der Waals surface area contributed by atoms with Crippen LogP contribution in [0.4, 0.5) is 0 Å². The van der Waals surface area contributed by atoms with Crippen molar-refractivity contribution in [3.63, 3.8) is 0 Å². The molecule has 4 aromatic carbocycles. The summed E-state index contributed by atoms with van der Waals surface area (Å²) in [6.07, 6.45) is 55.3. The first-order chi connectivity index (χ1) is 37.0. The van der Waals surface area contributed by atoms with E-state index in [1.165, 1.54) is 242 Å². The molecule has 0 aliphatic rings. The molecule has 0 saturated heterocycles. The molecule has 0 amide bonds. The number of hydrogen-bond donors (Lipinski definition) is 0. The summed E-state index contributed by atoms with van der Waals surface area (Å²) in [7, 11) is -9.03. The van der Waals surface area contributed by atoms with Gasteiger partial charge < -0.3 is 9.11 Å². The number of unbranched alkanes of at least 4 members (excludes halogenated alkanes) is 36. The van der Waals surface area contributed by atoms with E-state index in [1.807, 2.05) is 24.3 Å². The summed E-state index contributed by atoms with van der Waals surface area (Å²) in [5.41, 5.74) is 4.69. The molecule has 0 aliphatic heterocycles. The van der Waals surface area contributed by atoms with Gasteiger partial charge in [-0.25, -0.2) is 16.8 Å². The van der Waals surface area contributed by atoms with Crippen LogP contribution in [0.1, 0.15) is 307 Å². The zero-order valence-electron chi connectivity index (χ0n) is 49.9. The minimum Gasteiger partial charge on any atom is -0.744 e. The Hall–Kier alpha value is -1.52. The van der Waals surface area contributed by atoms with Crippen LogP contribution in [0.5, 0.6) is 0 Å². The Morgan fingerprint density at radius 3 is 0.740 bits per heavy atom. The van der Waals surface area contributed by atoms with Gasteiger partial charge in [-0.1, -0.05) is 307 Å². The standard InChI is InChI=1S/2C34H56O3S.Ca/c2*1-3-5-7-9-11-13-15-17-19-21-24-30-28-29-31-25-23-27-33(38(35,36)37)34(31)32(30)26-22-20-18-16-14-12-10-8-6-4-2;/h2*23,25,27-29H,3-22,24,26H2,1-2H3,(H,35,36,37);/q;;+2/p-2. The van der Waals surface area contributed by atoms with Gasteiger partial charge in [0, 0.05) is 10.8 Å². The molecule has 0 heterocycles. The molecule has 0 atom stereocenters. The quantitative estimate of drug-likeness (QED) is 0.0247. The van der Waals surface area contributed by atoms with Crippen molar-refractivity contribution in [1.29, 1.82) is 0 Å². The first-order valence-corrected chi connectivity index (χ1v) is 34.8. The zero-order chi connectivity index (χ0) is 55.0. The fourth-order valence-corrected chi connectivity index (χ4v) is 13.0. The molecule has 0 radical (unpaired) electrons. The molecular formula is C68H110CaO6S2. The summed E-state index contributed by atoms with van der Waals surface area (Å²) in [6.45, 7) is 9.04. The van der Waals surface area contributed by atoms with E-state index in [0.717, 1.165) is 86.1 Å². The van der Waals surface area contributed by atoms with Gasteiger partial charge in [0.15, 0.2) is 0 Å². The third-order valence-corrected chi connectivity index (χ3v) is 17.9. The summed E-state index contributed by atoms with van der Waals surface area (Å²) in [5.74, 6) is 0. The predicted molar refractivity (Wildman–Crippen MR) is 332 cm³/mol. The van der Waals surface area contributed by atoms with E-state index in [-0.39, 0.29) is 47.5 Å². The topological polar surface area (TPSA) is 114 Å². The largest absolute Gasteiger partial charge is 2.00 e. The molecule has 0 fully saturated rings. The molecule has 6 nitrogen and oxygen atoms in total.